The van der Waals surface area contributed by atoms with Crippen molar-refractivity contribution in [3.8, 4) is 0 Å². The van der Waals surface area contributed by atoms with Gasteiger partial charge in [-0.05, 0) is 36.4 Å². The molecule has 0 aliphatic carbocycles. The van der Waals surface area contributed by atoms with Gasteiger partial charge in [0.1, 0.15) is 6.33 Å². The molecule has 0 aliphatic heterocycles. The van der Waals surface area contributed by atoms with E-state index in [1.54, 1.807) is 6.07 Å². The fourth-order valence-electron chi connectivity index (χ4n) is 2.76. The lowest BCUT2D eigenvalue weighted by Crippen LogP contribution is -2.09. The van der Waals surface area contributed by atoms with E-state index in [0.717, 1.165) is 6.33 Å². The number of rotatable bonds is 7. The molecule has 3 aromatic rings. The highest BCUT2D eigenvalue weighted by molar-refractivity contribution is 6.35. The molecule has 0 unspecified atom stereocenters. The fraction of sp³-hybridized carbons (Fsp3) is 0.100. The van der Waals surface area contributed by atoms with E-state index in [2.05, 4.69) is 20.6 Å². The highest BCUT2D eigenvalue weighted by atomic mass is 35.5. The second kappa shape index (κ2) is 10.1. The molecule has 0 bridgehead atoms. The topological polar surface area (TPSA) is 146 Å². The second-order valence-corrected chi connectivity index (χ2v) is 7.18. The molecule has 3 rings (SSSR count). The number of nitro groups is 1. The molecule has 2 aromatic carbocycles. The molecule has 1 aromatic heterocycles. The third-order valence-electron chi connectivity index (χ3n) is 4.22. The molecule has 13 heteroatoms. The van der Waals surface area contributed by atoms with E-state index in [-0.39, 0.29) is 39.2 Å². The van der Waals surface area contributed by atoms with Gasteiger partial charge in [-0.25, -0.2) is 19.6 Å². The number of carbonyl (C=O) groups is 2. The van der Waals surface area contributed by atoms with Crippen LogP contribution in [-0.4, -0.2) is 41.0 Å². The lowest BCUT2D eigenvalue weighted by molar-refractivity contribution is -0.383. The average Bonchev–Trinajstić information content (AvgIpc) is 2.80. The Morgan fingerprint density at radius 2 is 1.52 bits per heavy atom. The van der Waals surface area contributed by atoms with Gasteiger partial charge >= 0.3 is 17.6 Å². The molecule has 0 spiro atoms. The largest absolute Gasteiger partial charge is 0.465 e. The molecule has 0 saturated heterocycles. The minimum atomic E-state index is -0.723. The highest BCUT2D eigenvalue weighted by Gasteiger charge is 2.25. The van der Waals surface area contributed by atoms with Crippen LogP contribution in [0, 0.1) is 10.1 Å². The molecule has 1 heterocycles. The molecular weight excluding hydrogens is 477 g/mol. The van der Waals surface area contributed by atoms with Gasteiger partial charge in [0.25, 0.3) is 0 Å². The maximum atomic E-state index is 12.0. The minimum Gasteiger partial charge on any atom is -0.465 e. The molecule has 0 fully saturated rings. The quantitative estimate of drug-likeness (QED) is 0.269. The van der Waals surface area contributed by atoms with Gasteiger partial charge in [0.2, 0.25) is 11.6 Å². The zero-order valence-corrected chi connectivity index (χ0v) is 18.6. The summed E-state index contributed by atoms with van der Waals surface area (Å²) in [6.07, 6.45) is 1.08. The Kier molecular flexibility index (Phi) is 7.26. The van der Waals surface area contributed by atoms with E-state index in [1.807, 2.05) is 0 Å². The standard InChI is InChI=1S/C20H15Cl2N5O6/c1-32-19(28)10-5-11(20(29)33-2)7-13(6-10)25-17-16(27(30)31)18(24-9-23-17)26-15-8-12(21)3-4-14(15)22/h3-9H,1-2H3,(H2,23,24,25,26). The molecule has 0 saturated carbocycles. The maximum Gasteiger partial charge on any atom is 0.353 e. The van der Waals surface area contributed by atoms with Crippen LogP contribution in [0.4, 0.5) is 28.7 Å². The van der Waals surface area contributed by atoms with Crippen molar-refractivity contribution in [2.24, 2.45) is 0 Å². The molecule has 11 nitrogen and oxygen atoms in total. The van der Waals surface area contributed by atoms with E-state index in [1.165, 1.54) is 44.6 Å². The monoisotopic (exact) mass is 491 g/mol. The van der Waals surface area contributed by atoms with Crippen molar-refractivity contribution in [1.29, 1.82) is 0 Å². The number of benzene rings is 2. The van der Waals surface area contributed by atoms with Crippen molar-refractivity contribution in [3.05, 3.63) is 74.0 Å². The lowest BCUT2D eigenvalue weighted by Gasteiger charge is -2.12. The van der Waals surface area contributed by atoms with E-state index in [4.69, 9.17) is 32.7 Å². The second-order valence-electron chi connectivity index (χ2n) is 6.33. The van der Waals surface area contributed by atoms with Crippen molar-refractivity contribution < 1.29 is 24.0 Å². The fourth-order valence-corrected chi connectivity index (χ4v) is 3.10. The number of nitrogens with one attached hydrogen (secondary N) is 2. The van der Waals surface area contributed by atoms with Crippen LogP contribution in [0.15, 0.2) is 42.7 Å². The predicted octanol–water partition coefficient (Wildman–Crippen LogP) is 4.75. The smallest absolute Gasteiger partial charge is 0.353 e. The van der Waals surface area contributed by atoms with Gasteiger partial charge in [-0.15, -0.1) is 0 Å². The van der Waals surface area contributed by atoms with E-state index in [0.29, 0.717) is 5.02 Å². The highest BCUT2D eigenvalue weighted by Crippen LogP contribution is 2.36. The molecule has 33 heavy (non-hydrogen) atoms. The molecule has 0 atom stereocenters. The number of esters is 2. The number of aromatic nitrogens is 2. The molecular formula is C20H15Cl2N5O6. The van der Waals surface area contributed by atoms with E-state index in [9.17, 15) is 19.7 Å². The lowest BCUT2D eigenvalue weighted by atomic mass is 10.1. The first-order valence-corrected chi connectivity index (χ1v) is 9.79. The predicted molar refractivity (Wildman–Crippen MR) is 121 cm³/mol. The minimum absolute atomic E-state index is 0.0173. The van der Waals surface area contributed by atoms with Gasteiger partial charge in [-0.1, -0.05) is 23.2 Å². The Hall–Kier alpha value is -3.96. The number of methoxy groups -OCH3 is 2. The van der Waals surface area contributed by atoms with Crippen LogP contribution >= 0.6 is 23.2 Å². The molecule has 0 radical (unpaired) electrons. The number of ether oxygens (including phenoxy) is 2. The summed E-state index contributed by atoms with van der Waals surface area (Å²) in [6, 6.07) is 8.50. The van der Waals surface area contributed by atoms with E-state index >= 15 is 0 Å². The third kappa shape index (κ3) is 5.45. The van der Waals surface area contributed by atoms with Gasteiger partial charge in [-0.2, -0.15) is 0 Å². The van der Waals surface area contributed by atoms with Crippen molar-refractivity contribution in [1.82, 2.24) is 9.97 Å². The van der Waals surface area contributed by atoms with Crippen LogP contribution in [0.5, 0.6) is 0 Å². The summed E-state index contributed by atoms with van der Waals surface area (Å²) in [5.41, 5.74) is -0.0478. The molecule has 170 valence electrons. The zero-order valence-electron chi connectivity index (χ0n) is 17.1. The first-order chi connectivity index (χ1) is 15.7. The van der Waals surface area contributed by atoms with Crippen LogP contribution in [0.2, 0.25) is 10.0 Å². The zero-order chi connectivity index (χ0) is 24.1. The Morgan fingerprint density at radius 3 is 2.06 bits per heavy atom. The van der Waals surface area contributed by atoms with Gasteiger partial charge in [0.05, 0.1) is 41.0 Å². The summed E-state index contributed by atoms with van der Waals surface area (Å²) in [7, 11) is 2.35. The summed E-state index contributed by atoms with van der Waals surface area (Å²) in [5, 5.41) is 18.0. The molecule has 0 amide bonds. The van der Waals surface area contributed by atoms with Gasteiger partial charge in [-0.3, -0.25) is 10.1 Å². The van der Waals surface area contributed by atoms with Crippen molar-refractivity contribution in [3.63, 3.8) is 0 Å². The van der Waals surface area contributed by atoms with Crippen LogP contribution in [0.25, 0.3) is 0 Å². The molecule has 2 N–H and O–H groups in total. The number of hydrogen-bond donors (Lipinski definition) is 2. The summed E-state index contributed by atoms with van der Waals surface area (Å²) < 4.78 is 9.38. The van der Waals surface area contributed by atoms with Crippen molar-refractivity contribution in [2.75, 3.05) is 24.9 Å². The Morgan fingerprint density at radius 1 is 0.939 bits per heavy atom. The van der Waals surface area contributed by atoms with Crippen LogP contribution in [0.1, 0.15) is 20.7 Å². The Bertz CT molecular complexity index is 1220. The average molecular weight is 492 g/mol. The Balaban J connectivity index is 2.06. The first-order valence-electron chi connectivity index (χ1n) is 9.03. The van der Waals surface area contributed by atoms with Gasteiger partial charge < -0.3 is 20.1 Å². The number of carbonyl (C=O) groups excluding carboxylic acids is 2. The number of hydrogen-bond acceptors (Lipinski definition) is 10. The summed E-state index contributed by atoms with van der Waals surface area (Å²) >= 11 is 12.1. The van der Waals surface area contributed by atoms with Gasteiger partial charge in [0.15, 0.2) is 0 Å². The number of halogens is 2. The van der Waals surface area contributed by atoms with E-state index < -0.39 is 22.5 Å². The maximum absolute atomic E-state index is 12.0. The normalized spacial score (nSPS) is 10.3. The number of anilines is 4. The summed E-state index contributed by atoms with van der Waals surface area (Å²) in [6.45, 7) is 0. The molecule has 0 aliphatic rings. The summed E-state index contributed by atoms with van der Waals surface area (Å²) in [4.78, 5) is 43.0. The van der Waals surface area contributed by atoms with Crippen LogP contribution < -0.4 is 10.6 Å². The SMILES string of the molecule is COC(=O)c1cc(Nc2ncnc(Nc3cc(Cl)ccc3Cl)c2[N+](=O)[O-])cc(C(=O)OC)c1. The van der Waals surface area contributed by atoms with Crippen LogP contribution in [0.3, 0.4) is 0 Å². The van der Waals surface area contributed by atoms with Crippen LogP contribution in [-0.2, 0) is 9.47 Å². The van der Waals surface area contributed by atoms with Crippen molar-refractivity contribution in [2.45, 2.75) is 0 Å². The Labute approximate surface area is 196 Å². The third-order valence-corrected chi connectivity index (χ3v) is 4.79. The first kappa shape index (κ1) is 23.7. The number of nitrogens with zero attached hydrogens (tertiary/aromatic N) is 3. The summed E-state index contributed by atoms with van der Waals surface area (Å²) in [5.74, 6) is -1.83. The van der Waals surface area contributed by atoms with Gasteiger partial charge in [0, 0.05) is 10.7 Å². The van der Waals surface area contributed by atoms with Crippen molar-refractivity contribution >= 4 is 63.8 Å².